The molecule has 13 heavy (non-hydrogen) atoms. The zero-order valence-electron chi connectivity index (χ0n) is 8.81. The van der Waals surface area contributed by atoms with Gasteiger partial charge in [0, 0.05) is 19.2 Å². The van der Waals surface area contributed by atoms with Gasteiger partial charge in [0.1, 0.15) is 0 Å². The molecule has 1 rings (SSSR count). The summed E-state index contributed by atoms with van der Waals surface area (Å²) in [4.78, 5) is 0. The van der Waals surface area contributed by atoms with Crippen LogP contribution in [0.4, 0.5) is 0 Å². The first-order chi connectivity index (χ1) is 6.36. The predicted octanol–water partition coefficient (Wildman–Crippen LogP) is 0.753. The minimum atomic E-state index is 0.535. The molecule has 0 aromatic carbocycles. The number of piperidine rings is 1. The van der Waals surface area contributed by atoms with Crippen molar-refractivity contribution >= 4 is 0 Å². The topological polar surface area (TPSA) is 33.3 Å². The third kappa shape index (κ3) is 4.07. The Labute approximate surface area is 81.2 Å². The summed E-state index contributed by atoms with van der Waals surface area (Å²) in [5.41, 5.74) is 0. The molecule has 1 aliphatic heterocycles. The quantitative estimate of drug-likeness (QED) is 0.665. The van der Waals surface area contributed by atoms with E-state index in [9.17, 15) is 0 Å². The first-order valence-electron chi connectivity index (χ1n) is 5.32. The van der Waals surface area contributed by atoms with E-state index in [1.54, 1.807) is 7.11 Å². The lowest BCUT2D eigenvalue weighted by atomic mass is 10.1. The molecule has 0 radical (unpaired) electrons. The summed E-state index contributed by atoms with van der Waals surface area (Å²) in [7, 11) is 1.77. The molecule has 0 aromatic heterocycles. The maximum absolute atomic E-state index is 5.16. The van der Waals surface area contributed by atoms with Gasteiger partial charge in [-0.25, -0.2) is 0 Å². The summed E-state index contributed by atoms with van der Waals surface area (Å²) in [5.74, 6) is 0. The van der Waals surface area contributed by atoms with Crippen LogP contribution in [0.15, 0.2) is 0 Å². The lowest BCUT2D eigenvalue weighted by Gasteiger charge is -2.28. The number of ether oxygens (including phenoxy) is 1. The lowest BCUT2D eigenvalue weighted by molar-refractivity contribution is 0.154. The highest BCUT2D eigenvalue weighted by molar-refractivity contribution is 4.78. The molecule has 0 bridgehead atoms. The number of hydrogen-bond donors (Lipinski definition) is 2. The molecule has 0 aromatic rings. The van der Waals surface area contributed by atoms with Crippen molar-refractivity contribution in [3.8, 4) is 0 Å². The second-order valence-corrected chi connectivity index (χ2v) is 3.75. The van der Waals surface area contributed by atoms with Crippen LogP contribution in [-0.4, -0.2) is 38.9 Å². The molecule has 3 heteroatoms. The fourth-order valence-electron chi connectivity index (χ4n) is 1.81. The zero-order valence-corrected chi connectivity index (χ0v) is 8.81. The summed E-state index contributed by atoms with van der Waals surface area (Å²) in [6, 6.07) is 1.23. The van der Waals surface area contributed by atoms with E-state index in [0.29, 0.717) is 12.1 Å². The fraction of sp³-hybridized carbons (Fsp3) is 1.00. The monoisotopic (exact) mass is 186 g/mol. The Kier molecular flexibility index (Phi) is 5.35. The maximum Gasteiger partial charge on any atom is 0.0615 e. The SMILES string of the molecule is CCC(COC)NC1CCNCC1. The molecular formula is C10H22N2O. The Hall–Kier alpha value is -0.120. The van der Waals surface area contributed by atoms with Gasteiger partial charge in [-0.2, -0.15) is 0 Å². The molecule has 1 saturated heterocycles. The zero-order chi connectivity index (χ0) is 9.52. The van der Waals surface area contributed by atoms with Gasteiger partial charge in [0.05, 0.1) is 6.61 Å². The summed E-state index contributed by atoms with van der Waals surface area (Å²) in [5, 5.41) is 7.01. The highest BCUT2D eigenvalue weighted by Crippen LogP contribution is 2.04. The van der Waals surface area contributed by atoms with Gasteiger partial charge in [-0.15, -0.1) is 0 Å². The van der Waals surface area contributed by atoms with Crippen molar-refractivity contribution in [2.45, 2.75) is 38.3 Å². The first-order valence-corrected chi connectivity index (χ1v) is 5.32. The van der Waals surface area contributed by atoms with Crippen molar-refractivity contribution in [1.82, 2.24) is 10.6 Å². The van der Waals surface area contributed by atoms with Crippen LogP contribution in [0.5, 0.6) is 0 Å². The molecule has 1 unspecified atom stereocenters. The molecule has 1 fully saturated rings. The van der Waals surface area contributed by atoms with E-state index in [1.165, 1.54) is 12.8 Å². The van der Waals surface area contributed by atoms with E-state index in [2.05, 4.69) is 17.6 Å². The van der Waals surface area contributed by atoms with E-state index in [4.69, 9.17) is 4.74 Å². The number of rotatable bonds is 5. The lowest BCUT2D eigenvalue weighted by Crippen LogP contribution is -2.46. The van der Waals surface area contributed by atoms with Crippen LogP contribution in [0.2, 0.25) is 0 Å². The van der Waals surface area contributed by atoms with E-state index in [-0.39, 0.29) is 0 Å². The van der Waals surface area contributed by atoms with Crippen LogP contribution >= 0.6 is 0 Å². The van der Waals surface area contributed by atoms with Gasteiger partial charge in [0.2, 0.25) is 0 Å². The van der Waals surface area contributed by atoms with Gasteiger partial charge in [0.25, 0.3) is 0 Å². The van der Waals surface area contributed by atoms with Gasteiger partial charge in [-0.05, 0) is 32.4 Å². The highest BCUT2D eigenvalue weighted by atomic mass is 16.5. The van der Waals surface area contributed by atoms with Crippen molar-refractivity contribution in [2.75, 3.05) is 26.8 Å². The van der Waals surface area contributed by atoms with Crippen LogP contribution in [-0.2, 0) is 4.74 Å². The molecular weight excluding hydrogens is 164 g/mol. The molecule has 78 valence electrons. The van der Waals surface area contributed by atoms with E-state index in [0.717, 1.165) is 26.1 Å². The normalized spacial score (nSPS) is 21.7. The molecule has 1 atom stereocenters. The molecule has 0 aliphatic carbocycles. The molecule has 3 nitrogen and oxygen atoms in total. The van der Waals surface area contributed by atoms with Gasteiger partial charge in [-0.3, -0.25) is 0 Å². The van der Waals surface area contributed by atoms with E-state index in [1.807, 2.05) is 0 Å². The Bertz CT molecular complexity index is 121. The van der Waals surface area contributed by atoms with Crippen LogP contribution in [0.3, 0.4) is 0 Å². The minimum Gasteiger partial charge on any atom is -0.383 e. The van der Waals surface area contributed by atoms with Crippen LogP contribution in [0.1, 0.15) is 26.2 Å². The Morgan fingerprint density at radius 3 is 2.69 bits per heavy atom. The second-order valence-electron chi connectivity index (χ2n) is 3.75. The van der Waals surface area contributed by atoms with Crippen molar-refractivity contribution in [2.24, 2.45) is 0 Å². The molecule has 0 saturated carbocycles. The summed E-state index contributed by atoms with van der Waals surface area (Å²) < 4.78 is 5.16. The van der Waals surface area contributed by atoms with Gasteiger partial charge >= 0.3 is 0 Å². The Balaban J connectivity index is 2.18. The van der Waals surface area contributed by atoms with Crippen LogP contribution in [0.25, 0.3) is 0 Å². The second kappa shape index (κ2) is 6.35. The summed E-state index contributed by atoms with van der Waals surface area (Å²) in [6.07, 6.45) is 3.65. The van der Waals surface area contributed by atoms with Gasteiger partial charge in [-0.1, -0.05) is 6.92 Å². The average molecular weight is 186 g/mol. The molecule has 0 amide bonds. The minimum absolute atomic E-state index is 0.535. The van der Waals surface area contributed by atoms with E-state index < -0.39 is 0 Å². The molecule has 2 N–H and O–H groups in total. The average Bonchev–Trinajstić information content (AvgIpc) is 2.19. The van der Waals surface area contributed by atoms with Crippen molar-refractivity contribution in [1.29, 1.82) is 0 Å². The largest absolute Gasteiger partial charge is 0.383 e. The summed E-state index contributed by atoms with van der Waals surface area (Å²) >= 11 is 0. The van der Waals surface area contributed by atoms with Gasteiger partial charge < -0.3 is 15.4 Å². The Morgan fingerprint density at radius 2 is 2.15 bits per heavy atom. The third-order valence-corrected chi connectivity index (χ3v) is 2.67. The fourth-order valence-corrected chi connectivity index (χ4v) is 1.81. The van der Waals surface area contributed by atoms with Crippen LogP contribution in [0, 0.1) is 0 Å². The Morgan fingerprint density at radius 1 is 1.46 bits per heavy atom. The molecule has 0 spiro atoms. The standard InChI is InChI=1S/C10H22N2O/c1-3-9(8-13-2)12-10-4-6-11-7-5-10/h9-12H,3-8H2,1-2H3. The number of hydrogen-bond acceptors (Lipinski definition) is 3. The summed E-state index contributed by atoms with van der Waals surface area (Å²) in [6.45, 7) is 5.35. The van der Waals surface area contributed by atoms with Crippen molar-refractivity contribution in [3.05, 3.63) is 0 Å². The maximum atomic E-state index is 5.16. The number of methoxy groups -OCH3 is 1. The van der Waals surface area contributed by atoms with Crippen LogP contribution < -0.4 is 10.6 Å². The highest BCUT2D eigenvalue weighted by Gasteiger charge is 2.15. The number of nitrogens with one attached hydrogen (secondary N) is 2. The first kappa shape index (κ1) is 11.0. The predicted molar refractivity (Wildman–Crippen MR) is 55.0 cm³/mol. The third-order valence-electron chi connectivity index (χ3n) is 2.67. The van der Waals surface area contributed by atoms with Crippen molar-refractivity contribution in [3.63, 3.8) is 0 Å². The van der Waals surface area contributed by atoms with E-state index >= 15 is 0 Å². The smallest absolute Gasteiger partial charge is 0.0615 e. The molecule has 1 aliphatic rings. The van der Waals surface area contributed by atoms with Gasteiger partial charge in [0.15, 0.2) is 0 Å². The van der Waals surface area contributed by atoms with Crippen molar-refractivity contribution < 1.29 is 4.74 Å². The molecule has 1 heterocycles.